The van der Waals surface area contributed by atoms with Crippen LogP contribution in [0, 0.1) is 13.8 Å². The molecule has 7 heteroatoms. The number of rotatable bonds is 6. The number of furan rings is 1. The highest BCUT2D eigenvalue weighted by molar-refractivity contribution is 5.91. The fourth-order valence-electron chi connectivity index (χ4n) is 3.94. The molecule has 7 nitrogen and oxygen atoms in total. The molecule has 4 rings (SSSR count). The maximum atomic E-state index is 12.7. The average Bonchev–Trinajstić information content (AvgIpc) is 3.46. The summed E-state index contributed by atoms with van der Waals surface area (Å²) in [5.74, 6) is 0.884. The van der Waals surface area contributed by atoms with Crippen LogP contribution in [0.25, 0.3) is 5.69 Å². The molecule has 0 spiro atoms. The summed E-state index contributed by atoms with van der Waals surface area (Å²) in [5.41, 5.74) is 3.51. The number of aryl methyl sites for hydroxylation is 2. The van der Waals surface area contributed by atoms with Crippen molar-refractivity contribution in [2.24, 2.45) is 0 Å². The van der Waals surface area contributed by atoms with Gasteiger partial charge in [-0.25, -0.2) is 9.48 Å². The number of nitrogens with one attached hydrogen (secondary N) is 2. The molecule has 1 aromatic carbocycles. The minimum atomic E-state index is -0.241. The molecule has 1 aliphatic heterocycles. The molecule has 2 amide bonds. The second kappa shape index (κ2) is 8.53. The van der Waals surface area contributed by atoms with E-state index in [0.29, 0.717) is 12.2 Å². The van der Waals surface area contributed by atoms with E-state index < -0.39 is 0 Å². The lowest BCUT2D eigenvalue weighted by molar-refractivity contribution is 0.207. The molecule has 3 heterocycles. The van der Waals surface area contributed by atoms with Crippen LogP contribution in [0.3, 0.4) is 0 Å². The number of anilines is 1. The van der Waals surface area contributed by atoms with Crippen molar-refractivity contribution >= 4 is 11.7 Å². The Bertz CT molecular complexity index is 958. The second-order valence-corrected chi connectivity index (χ2v) is 7.47. The number of amides is 2. The Balaban J connectivity index is 1.45. The van der Waals surface area contributed by atoms with Gasteiger partial charge < -0.3 is 15.1 Å². The van der Waals surface area contributed by atoms with Gasteiger partial charge in [-0.1, -0.05) is 12.1 Å². The molecule has 0 bridgehead atoms. The third-order valence-electron chi connectivity index (χ3n) is 5.30. The van der Waals surface area contributed by atoms with Gasteiger partial charge in [0.15, 0.2) is 0 Å². The molecule has 152 valence electrons. The smallest absolute Gasteiger partial charge is 0.319 e. The number of urea groups is 1. The van der Waals surface area contributed by atoms with Crippen molar-refractivity contribution in [1.82, 2.24) is 20.0 Å². The Hall–Kier alpha value is -3.06. The normalized spacial score (nSPS) is 15.4. The molecule has 1 aliphatic rings. The van der Waals surface area contributed by atoms with Crippen LogP contribution in [0.1, 0.15) is 36.0 Å². The first-order valence-electron chi connectivity index (χ1n) is 10.1. The van der Waals surface area contributed by atoms with E-state index in [-0.39, 0.29) is 12.1 Å². The minimum absolute atomic E-state index is 0.0458. The summed E-state index contributed by atoms with van der Waals surface area (Å²) in [5, 5.41) is 10.5. The van der Waals surface area contributed by atoms with Crippen molar-refractivity contribution in [2.75, 3.05) is 25.0 Å². The number of benzene rings is 1. The van der Waals surface area contributed by atoms with Crippen molar-refractivity contribution in [2.45, 2.75) is 32.7 Å². The first-order chi connectivity index (χ1) is 14.1. The van der Waals surface area contributed by atoms with Crippen LogP contribution >= 0.6 is 0 Å². The van der Waals surface area contributed by atoms with Crippen LogP contribution in [0.4, 0.5) is 10.5 Å². The molecule has 0 unspecified atom stereocenters. The van der Waals surface area contributed by atoms with Crippen molar-refractivity contribution in [3.05, 3.63) is 65.9 Å². The van der Waals surface area contributed by atoms with Gasteiger partial charge in [-0.05, 0) is 70.1 Å². The van der Waals surface area contributed by atoms with Gasteiger partial charge in [0, 0.05) is 12.2 Å². The van der Waals surface area contributed by atoms with Gasteiger partial charge in [-0.15, -0.1) is 0 Å². The molecule has 29 heavy (non-hydrogen) atoms. The van der Waals surface area contributed by atoms with E-state index in [4.69, 9.17) is 4.42 Å². The fraction of sp³-hybridized carbons (Fsp3) is 0.364. The summed E-state index contributed by atoms with van der Waals surface area (Å²) in [4.78, 5) is 15.0. The highest BCUT2D eigenvalue weighted by atomic mass is 16.3. The number of nitrogens with zero attached hydrogens (tertiary/aromatic N) is 3. The summed E-state index contributed by atoms with van der Waals surface area (Å²) >= 11 is 0. The predicted octanol–water partition coefficient (Wildman–Crippen LogP) is 4.04. The van der Waals surface area contributed by atoms with Crippen LogP contribution in [0.5, 0.6) is 0 Å². The van der Waals surface area contributed by atoms with E-state index in [1.165, 1.54) is 12.8 Å². The van der Waals surface area contributed by atoms with Crippen LogP contribution in [-0.4, -0.2) is 40.3 Å². The van der Waals surface area contributed by atoms with Gasteiger partial charge in [0.2, 0.25) is 0 Å². The zero-order chi connectivity index (χ0) is 20.2. The Morgan fingerprint density at radius 2 is 1.97 bits per heavy atom. The van der Waals surface area contributed by atoms with Crippen molar-refractivity contribution in [3.63, 3.8) is 0 Å². The number of carbonyl (C=O) groups is 1. The second-order valence-electron chi connectivity index (χ2n) is 7.47. The van der Waals surface area contributed by atoms with E-state index in [1.54, 1.807) is 6.26 Å². The van der Waals surface area contributed by atoms with Crippen molar-refractivity contribution in [3.8, 4) is 5.69 Å². The molecular formula is C22H27N5O2. The summed E-state index contributed by atoms with van der Waals surface area (Å²) < 4.78 is 7.47. The van der Waals surface area contributed by atoms with Gasteiger partial charge in [-0.2, -0.15) is 5.10 Å². The Labute approximate surface area is 170 Å². The van der Waals surface area contributed by atoms with Crippen LogP contribution in [-0.2, 0) is 0 Å². The molecule has 1 fully saturated rings. The molecule has 0 saturated carbocycles. The zero-order valence-electron chi connectivity index (χ0n) is 16.9. The minimum Gasteiger partial charge on any atom is -0.468 e. The highest BCUT2D eigenvalue weighted by Crippen LogP contribution is 2.25. The van der Waals surface area contributed by atoms with Crippen LogP contribution in [0.15, 0.2) is 53.1 Å². The van der Waals surface area contributed by atoms with Crippen LogP contribution < -0.4 is 10.6 Å². The Morgan fingerprint density at radius 1 is 1.17 bits per heavy atom. The maximum absolute atomic E-state index is 12.7. The number of hydrogen-bond acceptors (Lipinski definition) is 4. The maximum Gasteiger partial charge on any atom is 0.319 e. The summed E-state index contributed by atoms with van der Waals surface area (Å²) in [6, 6.07) is 13.4. The molecule has 3 aromatic rings. The van der Waals surface area contributed by atoms with Gasteiger partial charge >= 0.3 is 6.03 Å². The molecule has 2 N–H and O–H groups in total. The third-order valence-corrected chi connectivity index (χ3v) is 5.30. The van der Waals surface area contributed by atoms with Crippen molar-refractivity contribution < 1.29 is 9.21 Å². The Kier molecular flexibility index (Phi) is 5.67. The van der Waals surface area contributed by atoms with E-state index in [2.05, 4.69) is 20.6 Å². The van der Waals surface area contributed by atoms with Crippen LogP contribution in [0.2, 0.25) is 0 Å². The van der Waals surface area contributed by atoms with Crippen molar-refractivity contribution in [1.29, 1.82) is 0 Å². The first-order valence-corrected chi connectivity index (χ1v) is 10.1. The highest BCUT2D eigenvalue weighted by Gasteiger charge is 2.26. The monoisotopic (exact) mass is 393 g/mol. The van der Waals surface area contributed by atoms with Gasteiger partial charge in [0.05, 0.1) is 29.4 Å². The lowest BCUT2D eigenvalue weighted by atomic mass is 10.2. The van der Waals surface area contributed by atoms with E-state index in [0.717, 1.165) is 35.9 Å². The molecule has 1 atom stereocenters. The van der Waals surface area contributed by atoms with E-state index in [9.17, 15) is 4.79 Å². The first kappa shape index (κ1) is 19.3. The number of hydrogen-bond donors (Lipinski definition) is 2. The van der Waals surface area contributed by atoms with E-state index >= 15 is 0 Å². The molecule has 0 radical (unpaired) electrons. The van der Waals surface area contributed by atoms with Gasteiger partial charge in [0.25, 0.3) is 0 Å². The Morgan fingerprint density at radius 3 is 2.66 bits per heavy atom. The average molecular weight is 393 g/mol. The number of likely N-dealkylation sites (tertiary alicyclic amines) is 1. The fourth-order valence-corrected chi connectivity index (χ4v) is 3.94. The molecule has 2 aromatic heterocycles. The third kappa shape index (κ3) is 4.35. The quantitative estimate of drug-likeness (QED) is 0.663. The molecular weight excluding hydrogens is 366 g/mol. The standard InChI is InChI=1S/C22H27N5O2/c1-16-14-17(2)27(25-16)19-9-4-3-8-18(19)24-22(28)23-15-20(21-10-7-13-29-21)26-11-5-6-12-26/h3-4,7-10,13-14,20H,5-6,11-12,15H2,1-2H3,(H2,23,24,28)/t20-/m1/s1. The van der Waals surface area contributed by atoms with E-state index in [1.807, 2.05) is 61.0 Å². The zero-order valence-corrected chi connectivity index (χ0v) is 16.9. The van der Waals surface area contributed by atoms with Gasteiger partial charge in [-0.3, -0.25) is 4.90 Å². The lowest BCUT2D eigenvalue weighted by Crippen LogP contribution is -2.38. The number of para-hydroxylation sites is 2. The summed E-state index contributed by atoms with van der Waals surface area (Å²) in [6.07, 6.45) is 4.04. The predicted molar refractivity (Wildman–Crippen MR) is 112 cm³/mol. The summed E-state index contributed by atoms with van der Waals surface area (Å²) in [6.45, 7) is 6.49. The molecule has 0 aliphatic carbocycles. The number of aromatic nitrogens is 2. The SMILES string of the molecule is Cc1cc(C)n(-c2ccccc2NC(=O)NC[C@H](c2ccco2)N2CCCC2)n1. The summed E-state index contributed by atoms with van der Waals surface area (Å²) in [7, 11) is 0. The largest absolute Gasteiger partial charge is 0.468 e. The molecule has 1 saturated heterocycles. The lowest BCUT2D eigenvalue weighted by Gasteiger charge is -2.26. The topological polar surface area (TPSA) is 75.3 Å². The van der Waals surface area contributed by atoms with Gasteiger partial charge in [0.1, 0.15) is 5.76 Å². The number of carbonyl (C=O) groups excluding carboxylic acids is 1.